The molecule has 0 atom stereocenters. The van der Waals surface area contributed by atoms with Gasteiger partial charge in [0.25, 0.3) is 0 Å². The van der Waals surface area contributed by atoms with Gasteiger partial charge in [-0.3, -0.25) is 4.90 Å². The standard InChI is InChI=1S/C19H28FN5O.HI/c1-4-22-18(23-13-16-6-5-15(12-21)11-17(16)20)24-14-19(2,3)25-7-9-26-10-8-25;/h5-6,11H,4,7-10,13-14H2,1-3H3,(H2,22,23,24);1H. The number of aliphatic imine (C=N–C) groups is 1. The van der Waals surface area contributed by atoms with E-state index in [1.807, 2.05) is 13.0 Å². The highest BCUT2D eigenvalue weighted by Gasteiger charge is 2.28. The van der Waals surface area contributed by atoms with Gasteiger partial charge in [0.05, 0.1) is 31.4 Å². The zero-order chi connectivity index (χ0) is 19.0. The Kier molecular flexibility index (Phi) is 9.98. The molecule has 8 heteroatoms. The molecule has 0 aliphatic carbocycles. The Morgan fingerprint density at radius 3 is 2.63 bits per heavy atom. The van der Waals surface area contributed by atoms with Gasteiger partial charge in [0.1, 0.15) is 5.82 Å². The molecule has 6 nitrogen and oxygen atoms in total. The van der Waals surface area contributed by atoms with E-state index in [2.05, 4.69) is 34.4 Å². The van der Waals surface area contributed by atoms with Crippen LogP contribution in [0.1, 0.15) is 31.9 Å². The lowest BCUT2D eigenvalue weighted by Crippen LogP contribution is -2.56. The van der Waals surface area contributed by atoms with E-state index < -0.39 is 5.82 Å². The summed E-state index contributed by atoms with van der Waals surface area (Å²) in [4.78, 5) is 6.87. The van der Waals surface area contributed by atoms with Crippen LogP contribution in [0.4, 0.5) is 4.39 Å². The maximum absolute atomic E-state index is 14.0. The van der Waals surface area contributed by atoms with Crippen molar-refractivity contribution in [1.82, 2.24) is 15.5 Å². The molecule has 1 aromatic rings. The lowest BCUT2D eigenvalue weighted by molar-refractivity contribution is -0.00834. The molecule has 0 amide bonds. The van der Waals surface area contributed by atoms with E-state index in [0.29, 0.717) is 23.6 Å². The Balaban J connectivity index is 0.00000364. The molecule has 0 aromatic heterocycles. The largest absolute Gasteiger partial charge is 0.379 e. The molecule has 1 fully saturated rings. The second-order valence-electron chi connectivity index (χ2n) is 6.88. The number of nitrogens with zero attached hydrogens (tertiary/aromatic N) is 3. The summed E-state index contributed by atoms with van der Waals surface area (Å²) in [6.45, 7) is 11.4. The number of rotatable bonds is 6. The first-order valence-electron chi connectivity index (χ1n) is 9.00. The fourth-order valence-electron chi connectivity index (χ4n) is 2.83. The molecule has 1 aliphatic rings. The van der Waals surface area contributed by atoms with Gasteiger partial charge in [-0.05, 0) is 32.9 Å². The van der Waals surface area contributed by atoms with Crippen molar-refractivity contribution >= 4 is 29.9 Å². The van der Waals surface area contributed by atoms with Crippen LogP contribution in [0.5, 0.6) is 0 Å². The number of nitrogens with one attached hydrogen (secondary N) is 2. The topological polar surface area (TPSA) is 72.7 Å². The monoisotopic (exact) mass is 489 g/mol. The summed E-state index contributed by atoms with van der Waals surface area (Å²) < 4.78 is 19.4. The van der Waals surface area contributed by atoms with Gasteiger partial charge in [-0.25, -0.2) is 9.38 Å². The van der Waals surface area contributed by atoms with Crippen LogP contribution >= 0.6 is 24.0 Å². The predicted octanol–water partition coefficient (Wildman–Crippen LogP) is 2.48. The van der Waals surface area contributed by atoms with E-state index in [-0.39, 0.29) is 36.1 Å². The van der Waals surface area contributed by atoms with Gasteiger partial charge < -0.3 is 15.4 Å². The van der Waals surface area contributed by atoms with Crippen molar-refractivity contribution in [2.45, 2.75) is 32.9 Å². The van der Waals surface area contributed by atoms with Crippen molar-refractivity contribution in [3.05, 3.63) is 35.1 Å². The Morgan fingerprint density at radius 2 is 2.04 bits per heavy atom. The van der Waals surface area contributed by atoms with Crippen molar-refractivity contribution in [2.24, 2.45) is 4.99 Å². The molecular formula is C19H29FIN5O. The summed E-state index contributed by atoms with van der Waals surface area (Å²) in [6, 6.07) is 6.39. The first kappa shape index (κ1) is 23.6. The van der Waals surface area contributed by atoms with Crippen LogP contribution in [0.2, 0.25) is 0 Å². The lowest BCUT2D eigenvalue weighted by Gasteiger charge is -2.41. The fraction of sp³-hybridized carbons (Fsp3) is 0.579. The number of benzene rings is 1. The Labute approximate surface area is 178 Å². The third-order valence-corrected chi connectivity index (χ3v) is 4.49. The minimum Gasteiger partial charge on any atom is -0.379 e. The molecule has 1 heterocycles. The summed E-state index contributed by atoms with van der Waals surface area (Å²) in [6.07, 6.45) is 0. The van der Waals surface area contributed by atoms with Gasteiger partial charge in [0.15, 0.2) is 5.96 Å². The Morgan fingerprint density at radius 1 is 1.33 bits per heavy atom. The molecule has 0 bridgehead atoms. The average Bonchev–Trinajstić information content (AvgIpc) is 2.65. The van der Waals surface area contributed by atoms with Gasteiger partial charge in [-0.15, -0.1) is 24.0 Å². The first-order chi connectivity index (χ1) is 12.5. The Bertz CT molecular complexity index is 669. The van der Waals surface area contributed by atoms with Crippen LogP contribution in [-0.2, 0) is 11.3 Å². The number of halogens is 2. The molecular weight excluding hydrogens is 460 g/mol. The van der Waals surface area contributed by atoms with Crippen LogP contribution in [0.3, 0.4) is 0 Å². The Hall–Kier alpha value is -1.44. The summed E-state index contributed by atoms with van der Waals surface area (Å²) in [5, 5.41) is 15.4. The summed E-state index contributed by atoms with van der Waals surface area (Å²) in [7, 11) is 0. The lowest BCUT2D eigenvalue weighted by atomic mass is 10.0. The molecule has 1 aromatic carbocycles. The van der Waals surface area contributed by atoms with Crippen molar-refractivity contribution < 1.29 is 9.13 Å². The molecule has 150 valence electrons. The van der Waals surface area contributed by atoms with Crippen LogP contribution < -0.4 is 10.6 Å². The van der Waals surface area contributed by atoms with Gasteiger partial charge in [-0.1, -0.05) is 6.07 Å². The van der Waals surface area contributed by atoms with E-state index in [9.17, 15) is 4.39 Å². The van der Waals surface area contributed by atoms with Crippen LogP contribution in [0.15, 0.2) is 23.2 Å². The molecule has 0 spiro atoms. The summed E-state index contributed by atoms with van der Waals surface area (Å²) in [5.74, 6) is 0.245. The first-order valence-corrected chi connectivity index (χ1v) is 9.00. The normalized spacial score (nSPS) is 15.6. The zero-order valence-electron chi connectivity index (χ0n) is 16.2. The van der Waals surface area contributed by atoms with E-state index in [4.69, 9.17) is 10.00 Å². The van der Waals surface area contributed by atoms with Crippen LogP contribution in [-0.4, -0.2) is 55.8 Å². The minimum atomic E-state index is -0.405. The number of guanidine groups is 1. The minimum absolute atomic E-state index is 0. The van der Waals surface area contributed by atoms with Crippen molar-refractivity contribution in [2.75, 3.05) is 39.4 Å². The average molecular weight is 489 g/mol. The molecule has 1 aliphatic heterocycles. The van der Waals surface area contributed by atoms with Crippen LogP contribution in [0.25, 0.3) is 0 Å². The second kappa shape index (κ2) is 11.4. The number of nitriles is 1. The third-order valence-electron chi connectivity index (χ3n) is 4.49. The van der Waals surface area contributed by atoms with E-state index >= 15 is 0 Å². The SMILES string of the molecule is CCNC(=NCc1ccc(C#N)cc1F)NCC(C)(C)N1CCOCC1.I. The second-order valence-corrected chi connectivity index (χ2v) is 6.88. The summed E-state index contributed by atoms with van der Waals surface area (Å²) in [5.41, 5.74) is 0.737. The summed E-state index contributed by atoms with van der Waals surface area (Å²) >= 11 is 0. The number of hydrogen-bond donors (Lipinski definition) is 2. The molecule has 0 unspecified atom stereocenters. The van der Waals surface area contributed by atoms with Crippen LogP contribution in [0, 0.1) is 17.1 Å². The smallest absolute Gasteiger partial charge is 0.191 e. The van der Waals surface area contributed by atoms with Gasteiger partial charge in [0.2, 0.25) is 0 Å². The number of morpholine rings is 1. The van der Waals surface area contributed by atoms with Crippen molar-refractivity contribution in [1.29, 1.82) is 5.26 Å². The maximum Gasteiger partial charge on any atom is 0.191 e. The highest BCUT2D eigenvalue weighted by atomic mass is 127. The van der Waals surface area contributed by atoms with Crippen molar-refractivity contribution in [3.63, 3.8) is 0 Å². The molecule has 1 saturated heterocycles. The number of hydrogen-bond acceptors (Lipinski definition) is 4. The fourth-order valence-corrected chi connectivity index (χ4v) is 2.83. The quantitative estimate of drug-likeness (QED) is 0.365. The van der Waals surface area contributed by atoms with Gasteiger partial charge >= 0.3 is 0 Å². The molecule has 0 radical (unpaired) electrons. The molecule has 2 rings (SSSR count). The molecule has 2 N–H and O–H groups in total. The highest BCUT2D eigenvalue weighted by Crippen LogP contribution is 2.15. The highest BCUT2D eigenvalue weighted by molar-refractivity contribution is 14.0. The zero-order valence-corrected chi connectivity index (χ0v) is 18.5. The predicted molar refractivity (Wildman–Crippen MR) is 116 cm³/mol. The van der Waals surface area contributed by atoms with E-state index in [1.165, 1.54) is 6.07 Å². The van der Waals surface area contributed by atoms with Gasteiger partial charge in [0, 0.05) is 37.3 Å². The van der Waals surface area contributed by atoms with Gasteiger partial charge in [-0.2, -0.15) is 5.26 Å². The number of ether oxygens (including phenoxy) is 1. The van der Waals surface area contributed by atoms with E-state index in [1.54, 1.807) is 12.1 Å². The van der Waals surface area contributed by atoms with Crippen molar-refractivity contribution in [3.8, 4) is 6.07 Å². The van der Waals surface area contributed by atoms with E-state index in [0.717, 1.165) is 32.8 Å². The molecule has 0 saturated carbocycles. The third kappa shape index (κ3) is 7.24. The maximum atomic E-state index is 14.0. The molecule has 27 heavy (non-hydrogen) atoms.